The Morgan fingerprint density at radius 3 is 2.70 bits per heavy atom. The Balaban J connectivity index is 1.73. The van der Waals surface area contributed by atoms with E-state index in [1.165, 1.54) is 10.6 Å². The van der Waals surface area contributed by atoms with E-state index in [1.807, 2.05) is 66.2 Å². The highest BCUT2D eigenvalue weighted by Crippen LogP contribution is 2.39. The van der Waals surface area contributed by atoms with Gasteiger partial charge in [0.2, 0.25) is 0 Å². The second-order valence-corrected chi connectivity index (χ2v) is 10.1. The van der Waals surface area contributed by atoms with Crippen molar-refractivity contribution in [3.05, 3.63) is 118 Å². The quantitative estimate of drug-likeness (QED) is 0.323. The minimum atomic E-state index is -1.18. The van der Waals surface area contributed by atoms with Crippen LogP contribution in [-0.2, 0) is 25.7 Å². The molecule has 1 unspecified atom stereocenters. The Labute approximate surface area is 229 Å². The van der Waals surface area contributed by atoms with Crippen molar-refractivity contribution in [2.45, 2.75) is 24.8 Å². The van der Waals surface area contributed by atoms with Crippen LogP contribution in [-0.4, -0.2) is 37.0 Å². The van der Waals surface area contributed by atoms with E-state index in [-0.39, 0.29) is 18.7 Å². The van der Waals surface area contributed by atoms with Gasteiger partial charge in [-0.05, 0) is 58.7 Å². The molecule has 0 saturated heterocycles. The van der Waals surface area contributed by atoms with Gasteiger partial charge < -0.3 is 29.8 Å². The first-order valence-corrected chi connectivity index (χ1v) is 12.8. The Kier molecular flexibility index (Phi) is 6.24. The van der Waals surface area contributed by atoms with Gasteiger partial charge >= 0.3 is 0 Å². The van der Waals surface area contributed by atoms with Gasteiger partial charge in [-0.25, -0.2) is 4.98 Å². The lowest BCUT2D eigenvalue weighted by Crippen LogP contribution is -2.41. The molecular weight excluding hydrogens is 506 g/mol. The maximum Gasteiger partial charge on any atom is 0.251 e. The summed E-state index contributed by atoms with van der Waals surface area (Å²) in [5, 5.41) is 30.2. The molecule has 6 rings (SSSR count). The number of imidazole rings is 1. The van der Waals surface area contributed by atoms with E-state index < -0.39 is 18.2 Å². The molecular formula is C31H27N5O4. The number of aromatic nitrogens is 3. The van der Waals surface area contributed by atoms with Gasteiger partial charge in [0.1, 0.15) is 17.9 Å². The van der Waals surface area contributed by atoms with Crippen LogP contribution < -0.4 is 16.0 Å². The normalized spacial score (nSPS) is 16.9. The third kappa shape index (κ3) is 4.06. The number of hydrogen-bond donors (Lipinski definition) is 3. The Morgan fingerprint density at radius 2 is 1.95 bits per heavy atom. The summed E-state index contributed by atoms with van der Waals surface area (Å²) in [7, 11) is 1.87. The highest BCUT2D eigenvalue weighted by molar-refractivity contribution is 5.95. The number of nitrogens with two attached hydrogens (primary N) is 1. The van der Waals surface area contributed by atoms with Gasteiger partial charge in [-0.3, -0.25) is 4.79 Å². The first kappa shape index (κ1) is 25.5. The van der Waals surface area contributed by atoms with Gasteiger partial charge in [0, 0.05) is 24.1 Å². The number of ether oxygens (including phenoxy) is 1. The van der Waals surface area contributed by atoms with Crippen molar-refractivity contribution in [3.8, 4) is 22.9 Å². The summed E-state index contributed by atoms with van der Waals surface area (Å²) in [6.45, 7) is -0.390. The second-order valence-electron chi connectivity index (χ2n) is 10.1. The van der Waals surface area contributed by atoms with Gasteiger partial charge in [-0.1, -0.05) is 24.3 Å². The van der Waals surface area contributed by atoms with E-state index in [1.54, 1.807) is 18.6 Å². The number of aliphatic hydroxyl groups is 2. The van der Waals surface area contributed by atoms with Crippen LogP contribution in [0.3, 0.4) is 0 Å². The minimum absolute atomic E-state index is 0.0664. The molecule has 9 nitrogen and oxygen atoms in total. The van der Waals surface area contributed by atoms with Crippen LogP contribution >= 0.6 is 0 Å². The fourth-order valence-corrected chi connectivity index (χ4v) is 5.51. The first-order chi connectivity index (χ1) is 19.3. The van der Waals surface area contributed by atoms with Gasteiger partial charge in [0.25, 0.3) is 5.56 Å². The highest BCUT2D eigenvalue weighted by atomic mass is 16.5. The van der Waals surface area contributed by atoms with E-state index >= 15 is 0 Å². The number of benzene rings is 3. The molecule has 2 atom stereocenters. The summed E-state index contributed by atoms with van der Waals surface area (Å²) in [5.41, 5.74) is 11.3. The minimum Gasteiger partial charge on any atom is -0.489 e. The zero-order valence-electron chi connectivity index (χ0n) is 21.8. The summed E-state index contributed by atoms with van der Waals surface area (Å²) in [4.78, 5) is 17.7. The molecule has 9 heteroatoms. The zero-order chi connectivity index (χ0) is 28.0. The number of aliphatic hydroxyl groups excluding tert-OH is 2. The predicted octanol–water partition coefficient (Wildman–Crippen LogP) is 2.77. The standard InChI is InChI=1S/C31H27N5O4/c1-35-18-34-14-29(35)31(33)22-6-5-20(13-32)21(9-22)17-40-25-4-2-3-19(10-25)26-12-30(39)36(15-24(38)16-37)28-8-7-23(31)11-27(26)28/h2-12,14,18,24,37-38H,15-17,33H2,1H3/t24?,31-/m1/s1. The number of rotatable bonds is 4. The van der Waals surface area contributed by atoms with E-state index in [4.69, 9.17) is 10.5 Å². The van der Waals surface area contributed by atoms with Crippen LogP contribution in [0.1, 0.15) is 27.9 Å². The van der Waals surface area contributed by atoms with Gasteiger partial charge in [0.05, 0.1) is 54.6 Å². The summed E-state index contributed by atoms with van der Waals surface area (Å²) >= 11 is 0. The predicted molar refractivity (Wildman–Crippen MR) is 150 cm³/mol. The largest absolute Gasteiger partial charge is 0.489 e. The molecule has 0 amide bonds. The third-order valence-electron chi connectivity index (χ3n) is 7.61. The number of aryl methyl sites for hydroxylation is 1. The molecule has 6 bridgehead atoms. The lowest BCUT2D eigenvalue weighted by atomic mass is 9.79. The Bertz CT molecular complexity index is 1870. The maximum atomic E-state index is 13.3. The summed E-state index contributed by atoms with van der Waals surface area (Å²) in [6, 6.07) is 22.4. The molecule has 0 radical (unpaired) electrons. The van der Waals surface area contributed by atoms with E-state index in [0.717, 1.165) is 27.8 Å². The SMILES string of the molecule is Cn1cncc1[C@@]1(N)c2ccc(C#N)c(c2)COc2cccc(c2)-c2cc(=O)n(CC(O)CO)c3ccc1cc23. The molecule has 0 aliphatic carbocycles. The van der Waals surface area contributed by atoms with Crippen LogP contribution in [0.2, 0.25) is 0 Å². The number of pyridine rings is 1. The van der Waals surface area contributed by atoms with Gasteiger partial charge in [-0.2, -0.15) is 5.26 Å². The lowest BCUT2D eigenvalue weighted by Gasteiger charge is -2.32. The van der Waals surface area contributed by atoms with Crippen LogP contribution in [0, 0.1) is 11.3 Å². The van der Waals surface area contributed by atoms with Crippen LogP contribution in [0.25, 0.3) is 22.0 Å². The topological polar surface area (TPSA) is 139 Å². The molecule has 1 aliphatic heterocycles. The van der Waals surface area contributed by atoms with Crippen molar-refractivity contribution >= 4 is 10.9 Å². The number of nitrogens with zero attached hydrogens (tertiary/aromatic N) is 4. The molecule has 2 aromatic heterocycles. The number of hydrogen-bond acceptors (Lipinski definition) is 7. The second kappa shape index (κ2) is 9.77. The van der Waals surface area contributed by atoms with Crippen LogP contribution in [0.15, 0.2) is 84.0 Å². The van der Waals surface area contributed by atoms with Crippen molar-refractivity contribution < 1.29 is 14.9 Å². The van der Waals surface area contributed by atoms with Crippen LogP contribution in [0.5, 0.6) is 5.75 Å². The van der Waals surface area contributed by atoms with Crippen molar-refractivity contribution in [2.24, 2.45) is 12.8 Å². The summed E-state index contributed by atoms with van der Waals surface area (Å²) < 4.78 is 9.47. The van der Waals surface area contributed by atoms with Crippen molar-refractivity contribution in [1.29, 1.82) is 5.26 Å². The molecule has 3 aromatic carbocycles. The Morgan fingerprint density at radius 1 is 1.15 bits per heavy atom. The maximum absolute atomic E-state index is 13.3. The number of nitriles is 1. The monoisotopic (exact) mass is 533 g/mol. The highest BCUT2D eigenvalue weighted by Gasteiger charge is 2.36. The van der Waals surface area contributed by atoms with Crippen molar-refractivity contribution in [3.63, 3.8) is 0 Å². The average Bonchev–Trinajstić information content (AvgIpc) is 3.42. The van der Waals surface area contributed by atoms with Gasteiger partial charge in [0.15, 0.2) is 0 Å². The molecule has 5 aromatic rings. The van der Waals surface area contributed by atoms with E-state index in [0.29, 0.717) is 28.0 Å². The molecule has 40 heavy (non-hydrogen) atoms. The fraction of sp³-hybridized carbons (Fsp3) is 0.194. The molecule has 0 fully saturated rings. The molecule has 1 aliphatic rings. The summed E-state index contributed by atoms with van der Waals surface area (Å²) in [6.07, 6.45) is 2.31. The zero-order valence-corrected chi connectivity index (χ0v) is 21.8. The first-order valence-electron chi connectivity index (χ1n) is 12.8. The third-order valence-corrected chi connectivity index (χ3v) is 7.61. The molecule has 3 heterocycles. The molecule has 4 N–H and O–H groups in total. The van der Waals surface area contributed by atoms with Crippen molar-refractivity contribution in [1.82, 2.24) is 14.1 Å². The fourth-order valence-electron chi connectivity index (χ4n) is 5.51. The molecule has 0 saturated carbocycles. The number of fused-ring (bicyclic) bond motifs is 6. The lowest BCUT2D eigenvalue weighted by molar-refractivity contribution is 0.0814. The van der Waals surface area contributed by atoms with E-state index in [2.05, 4.69) is 11.1 Å². The van der Waals surface area contributed by atoms with Crippen molar-refractivity contribution in [2.75, 3.05) is 6.61 Å². The molecule has 200 valence electrons. The smallest absolute Gasteiger partial charge is 0.251 e. The van der Waals surface area contributed by atoms with Crippen LogP contribution in [0.4, 0.5) is 0 Å². The van der Waals surface area contributed by atoms with Gasteiger partial charge in [-0.15, -0.1) is 0 Å². The Hall–Kier alpha value is -4.75. The van der Waals surface area contributed by atoms with E-state index in [9.17, 15) is 20.3 Å². The average molecular weight is 534 g/mol. The molecule has 0 spiro atoms. The summed E-state index contributed by atoms with van der Waals surface area (Å²) in [5.74, 6) is 0.584.